The third-order valence-corrected chi connectivity index (χ3v) is 2.69. The normalized spacial score (nSPS) is 11.9. The van der Waals surface area contributed by atoms with Crippen LogP contribution in [0.3, 0.4) is 0 Å². The number of aromatic nitrogens is 3. The highest BCUT2D eigenvalue weighted by Gasteiger charge is 2.23. The first kappa shape index (κ1) is 14.6. The molecule has 2 aromatic rings. The van der Waals surface area contributed by atoms with E-state index in [1.165, 1.54) is 17.1 Å². The molecule has 0 aliphatic carbocycles. The van der Waals surface area contributed by atoms with Crippen LogP contribution in [0.2, 0.25) is 0 Å². The Morgan fingerprint density at radius 3 is 2.81 bits per heavy atom. The summed E-state index contributed by atoms with van der Waals surface area (Å²) in [6, 6.07) is -0.111. The third-order valence-electron chi connectivity index (χ3n) is 2.69. The summed E-state index contributed by atoms with van der Waals surface area (Å²) in [6.07, 6.45) is 2.92. The number of amides is 2. The first-order valence-corrected chi connectivity index (χ1v) is 6.13. The lowest BCUT2D eigenvalue weighted by Gasteiger charge is -2.13. The largest absolute Gasteiger partial charge is 0.479 e. The van der Waals surface area contributed by atoms with Crippen LogP contribution in [-0.2, 0) is 18.4 Å². The highest BCUT2D eigenvalue weighted by Crippen LogP contribution is 2.11. The Labute approximate surface area is 119 Å². The van der Waals surface area contributed by atoms with E-state index in [2.05, 4.69) is 20.9 Å². The minimum Gasteiger partial charge on any atom is -0.479 e. The fraction of sp³-hybridized carbons (Fsp3) is 0.333. The number of carbonyl (C=O) groups excluding carboxylic acids is 1. The SMILES string of the molecule is Cc1cc(CNC(=O)NC(C(=O)O)c2cnn(C)c2)no1. The van der Waals surface area contributed by atoms with Gasteiger partial charge in [-0.1, -0.05) is 5.16 Å². The summed E-state index contributed by atoms with van der Waals surface area (Å²) >= 11 is 0. The van der Waals surface area contributed by atoms with Crippen molar-refractivity contribution in [1.29, 1.82) is 0 Å². The van der Waals surface area contributed by atoms with Crippen LogP contribution in [-0.4, -0.2) is 32.0 Å². The van der Waals surface area contributed by atoms with Crippen molar-refractivity contribution < 1.29 is 19.2 Å². The molecule has 0 bridgehead atoms. The number of carboxylic acid groups (broad SMARTS) is 1. The quantitative estimate of drug-likeness (QED) is 0.730. The second-order valence-electron chi connectivity index (χ2n) is 4.47. The summed E-state index contributed by atoms with van der Waals surface area (Å²) < 4.78 is 6.32. The summed E-state index contributed by atoms with van der Waals surface area (Å²) in [5.41, 5.74) is 0.938. The molecule has 0 aromatic carbocycles. The maximum absolute atomic E-state index is 11.7. The molecule has 2 rings (SSSR count). The van der Waals surface area contributed by atoms with Crippen LogP contribution in [0, 0.1) is 6.92 Å². The maximum atomic E-state index is 11.7. The number of hydrogen-bond donors (Lipinski definition) is 3. The molecule has 2 amide bonds. The molecule has 0 fully saturated rings. The van der Waals surface area contributed by atoms with E-state index in [1.54, 1.807) is 20.0 Å². The van der Waals surface area contributed by atoms with Gasteiger partial charge < -0.3 is 20.3 Å². The Hall–Kier alpha value is -2.84. The zero-order valence-corrected chi connectivity index (χ0v) is 11.5. The van der Waals surface area contributed by atoms with Gasteiger partial charge in [-0.15, -0.1) is 0 Å². The van der Waals surface area contributed by atoms with Crippen LogP contribution in [0.1, 0.15) is 23.1 Å². The summed E-state index contributed by atoms with van der Waals surface area (Å²) in [5, 5.41) is 21.6. The smallest absolute Gasteiger partial charge is 0.331 e. The third kappa shape index (κ3) is 3.81. The number of carbonyl (C=O) groups is 2. The molecule has 0 radical (unpaired) electrons. The van der Waals surface area contributed by atoms with E-state index in [0.717, 1.165) is 0 Å². The molecule has 9 heteroatoms. The number of nitrogens with zero attached hydrogens (tertiary/aromatic N) is 3. The highest BCUT2D eigenvalue weighted by molar-refractivity contribution is 5.83. The zero-order valence-electron chi connectivity index (χ0n) is 11.5. The Morgan fingerprint density at radius 1 is 1.52 bits per heavy atom. The van der Waals surface area contributed by atoms with E-state index >= 15 is 0 Å². The van der Waals surface area contributed by atoms with E-state index in [0.29, 0.717) is 17.0 Å². The van der Waals surface area contributed by atoms with Crippen molar-refractivity contribution in [2.75, 3.05) is 0 Å². The van der Waals surface area contributed by atoms with Crippen LogP contribution in [0.25, 0.3) is 0 Å². The number of nitrogens with one attached hydrogen (secondary N) is 2. The van der Waals surface area contributed by atoms with Crippen molar-refractivity contribution in [3.05, 3.63) is 35.5 Å². The number of rotatable bonds is 5. The fourth-order valence-electron chi connectivity index (χ4n) is 1.73. The predicted molar refractivity (Wildman–Crippen MR) is 70.2 cm³/mol. The molecule has 3 N–H and O–H groups in total. The van der Waals surface area contributed by atoms with Gasteiger partial charge in [0.1, 0.15) is 11.5 Å². The van der Waals surface area contributed by atoms with E-state index < -0.39 is 18.0 Å². The van der Waals surface area contributed by atoms with Crippen molar-refractivity contribution in [2.24, 2.45) is 7.05 Å². The first-order chi connectivity index (χ1) is 9.95. The summed E-state index contributed by atoms with van der Waals surface area (Å²) in [6.45, 7) is 1.88. The molecule has 1 atom stereocenters. The highest BCUT2D eigenvalue weighted by atomic mass is 16.5. The lowest BCUT2D eigenvalue weighted by atomic mass is 10.1. The molecule has 21 heavy (non-hydrogen) atoms. The minimum atomic E-state index is -1.17. The lowest BCUT2D eigenvalue weighted by molar-refractivity contribution is -0.139. The standard InChI is InChI=1S/C12H15N5O4/c1-7-3-9(16-21-7)5-13-12(20)15-10(11(18)19)8-4-14-17(2)6-8/h3-4,6,10H,5H2,1-2H3,(H,18,19)(H2,13,15,20). The van der Waals surface area contributed by atoms with Crippen molar-refractivity contribution >= 4 is 12.0 Å². The van der Waals surface area contributed by atoms with Gasteiger partial charge in [-0.3, -0.25) is 4.68 Å². The van der Waals surface area contributed by atoms with Gasteiger partial charge in [-0.05, 0) is 6.92 Å². The van der Waals surface area contributed by atoms with E-state index in [9.17, 15) is 9.59 Å². The molecule has 0 saturated carbocycles. The summed E-state index contributed by atoms with van der Waals surface area (Å²) in [5.74, 6) is -0.540. The first-order valence-electron chi connectivity index (χ1n) is 6.13. The average Bonchev–Trinajstić information content (AvgIpc) is 3.02. The van der Waals surface area contributed by atoms with Crippen LogP contribution >= 0.6 is 0 Å². The van der Waals surface area contributed by atoms with Gasteiger partial charge in [-0.25, -0.2) is 9.59 Å². The Balaban J connectivity index is 1.94. The van der Waals surface area contributed by atoms with Gasteiger partial charge in [0.2, 0.25) is 0 Å². The summed E-state index contributed by atoms with van der Waals surface area (Å²) in [7, 11) is 1.66. The van der Waals surface area contributed by atoms with Gasteiger partial charge in [0.25, 0.3) is 0 Å². The van der Waals surface area contributed by atoms with Crippen LogP contribution < -0.4 is 10.6 Å². The Bertz CT molecular complexity index is 648. The number of urea groups is 1. The van der Waals surface area contributed by atoms with Crippen molar-refractivity contribution in [1.82, 2.24) is 25.6 Å². The lowest BCUT2D eigenvalue weighted by Crippen LogP contribution is -2.40. The van der Waals surface area contributed by atoms with Crippen molar-refractivity contribution in [2.45, 2.75) is 19.5 Å². The molecule has 0 spiro atoms. The van der Waals surface area contributed by atoms with Crippen molar-refractivity contribution in [3.8, 4) is 0 Å². The van der Waals surface area contributed by atoms with Gasteiger partial charge in [0.15, 0.2) is 6.04 Å². The number of hydrogen-bond acceptors (Lipinski definition) is 5. The molecular weight excluding hydrogens is 278 g/mol. The molecule has 1 unspecified atom stereocenters. The molecule has 0 aliphatic rings. The molecule has 0 saturated heterocycles. The topological polar surface area (TPSA) is 122 Å². The van der Waals surface area contributed by atoms with Gasteiger partial charge in [-0.2, -0.15) is 5.10 Å². The van der Waals surface area contributed by atoms with Crippen LogP contribution in [0.4, 0.5) is 4.79 Å². The predicted octanol–water partition coefficient (Wildman–Crippen LogP) is 0.342. The minimum absolute atomic E-state index is 0.141. The van der Waals surface area contributed by atoms with E-state index in [-0.39, 0.29) is 6.54 Å². The molecule has 112 valence electrons. The molecule has 2 heterocycles. The summed E-state index contributed by atoms with van der Waals surface area (Å²) in [4.78, 5) is 23.0. The van der Waals surface area contributed by atoms with Gasteiger partial charge >= 0.3 is 12.0 Å². The van der Waals surface area contributed by atoms with Crippen molar-refractivity contribution in [3.63, 3.8) is 0 Å². The number of aryl methyl sites for hydroxylation is 2. The molecular formula is C12H15N5O4. The average molecular weight is 293 g/mol. The monoisotopic (exact) mass is 293 g/mol. The second kappa shape index (κ2) is 6.07. The Kier molecular flexibility index (Phi) is 4.21. The molecule has 9 nitrogen and oxygen atoms in total. The van der Waals surface area contributed by atoms with E-state index in [1.807, 2.05) is 0 Å². The van der Waals surface area contributed by atoms with Gasteiger partial charge in [0.05, 0.1) is 12.7 Å². The van der Waals surface area contributed by atoms with Gasteiger partial charge in [0, 0.05) is 24.9 Å². The number of aliphatic carboxylic acids is 1. The number of carboxylic acids is 1. The van der Waals surface area contributed by atoms with Crippen LogP contribution in [0.5, 0.6) is 0 Å². The van der Waals surface area contributed by atoms with Crippen LogP contribution in [0.15, 0.2) is 23.0 Å². The Morgan fingerprint density at radius 2 is 2.29 bits per heavy atom. The fourth-order valence-corrected chi connectivity index (χ4v) is 1.73. The molecule has 0 aliphatic heterocycles. The second-order valence-corrected chi connectivity index (χ2v) is 4.47. The molecule has 2 aromatic heterocycles. The zero-order chi connectivity index (χ0) is 15.4. The maximum Gasteiger partial charge on any atom is 0.331 e. The van der Waals surface area contributed by atoms with E-state index in [4.69, 9.17) is 9.63 Å².